The van der Waals surface area contributed by atoms with E-state index >= 15 is 0 Å². The van der Waals surface area contributed by atoms with E-state index < -0.39 is 6.09 Å². The number of hydrogen-bond donors (Lipinski definition) is 2. The minimum absolute atomic E-state index is 0.362. The molecule has 0 aliphatic heterocycles. The Labute approximate surface area is 93.6 Å². The first-order valence-corrected chi connectivity index (χ1v) is 4.96. The van der Waals surface area contributed by atoms with Gasteiger partial charge in [0.25, 0.3) is 0 Å². The molecule has 82 valence electrons. The lowest BCUT2D eigenvalue weighted by atomic mass is 10.3. The van der Waals surface area contributed by atoms with Crippen LogP contribution in [0, 0.1) is 0 Å². The molecule has 15 heavy (non-hydrogen) atoms. The number of halogens is 1. The molecule has 0 bridgehead atoms. The van der Waals surface area contributed by atoms with Crippen molar-refractivity contribution >= 4 is 17.7 Å². The lowest BCUT2D eigenvalue weighted by Gasteiger charge is -2.07. The number of likely N-dealkylation sites (N-methyl/N-ethyl adjacent to an activating group) is 1. The molecule has 2 N–H and O–H groups in total. The van der Waals surface area contributed by atoms with E-state index in [1.165, 1.54) is 0 Å². The lowest BCUT2D eigenvalue weighted by molar-refractivity contribution is 0.200. The molecule has 0 aliphatic rings. The summed E-state index contributed by atoms with van der Waals surface area (Å²) in [5.41, 5.74) is 0. The highest BCUT2D eigenvalue weighted by Gasteiger charge is 2.05. The highest BCUT2D eigenvalue weighted by Crippen LogP contribution is 2.22. The van der Waals surface area contributed by atoms with Crippen LogP contribution in [-0.2, 0) is 0 Å². The summed E-state index contributed by atoms with van der Waals surface area (Å²) in [5, 5.41) is 5.90. The SMILES string of the molecule is CNCCNC(=O)Oc1ccccc1Cl. The predicted octanol–water partition coefficient (Wildman–Crippen LogP) is 1.65. The maximum Gasteiger partial charge on any atom is 0.412 e. The van der Waals surface area contributed by atoms with Gasteiger partial charge in [0.2, 0.25) is 0 Å². The van der Waals surface area contributed by atoms with Crippen LogP contribution in [0.1, 0.15) is 0 Å². The summed E-state index contributed by atoms with van der Waals surface area (Å²) in [7, 11) is 1.81. The predicted molar refractivity (Wildman–Crippen MR) is 59.4 cm³/mol. The van der Waals surface area contributed by atoms with Crippen molar-refractivity contribution in [2.45, 2.75) is 0 Å². The fraction of sp³-hybridized carbons (Fsp3) is 0.300. The Bertz CT molecular complexity index is 331. The fourth-order valence-electron chi connectivity index (χ4n) is 0.953. The summed E-state index contributed by atoms with van der Waals surface area (Å²) in [5.74, 6) is 0.362. The number of rotatable bonds is 4. The summed E-state index contributed by atoms with van der Waals surface area (Å²) in [6.45, 7) is 1.21. The molecule has 0 fully saturated rings. The van der Waals surface area contributed by atoms with Gasteiger partial charge in [0.05, 0.1) is 5.02 Å². The summed E-state index contributed by atoms with van der Waals surface area (Å²) in [6.07, 6.45) is -0.502. The first-order valence-electron chi connectivity index (χ1n) is 4.59. The molecule has 0 spiro atoms. The summed E-state index contributed by atoms with van der Waals surface area (Å²) in [6, 6.07) is 6.83. The van der Waals surface area contributed by atoms with E-state index in [9.17, 15) is 4.79 Å². The molecule has 1 amide bonds. The molecule has 1 rings (SSSR count). The number of amides is 1. The Balaban J connectivity index is 2.41. The first kappa shape index (κ1) is 11.8. The summed E-state index contributed by atoms with van der Waals surface area (Å²) in [4.78, 5) is 11.2. The molecule has 5 heteroatoms. The van der Waals surface area contributed by atoms with E-state index in [-0.39, 0.29) is 0 Å². The minimum Gasteiger partial charge on any atom is -0.409 e. The van der Waals surface area contributed by atoms with Crippen LogP contribution in [-0.4, -0.2) is 26.2 Å². The van der Waals surface area contributed by atoms with E-state index in [1.54, 1.807) is 31.3 Å². The highest BCUT2D eigenvalue weighted by atomic mass is 35.5. The van der Waals surface area contributed by atoms with Crippen molar-refractivity contribution in [1.29, 1.82) is 0 Å². The second-order valence-corrected chi connectivity index (χ2v) is 3.26. The van der Waals surface area contributed by atoms with E-state index in [1.807, 2.05) is 0 Å². The van der Waals surface area contributed by atoms with Crippen LogP contribution >= 0.6 is 11.6 Å². The highest BCUT2D eigenvalue weighted by molar-refractivity contribution is 6.32. The second-order valence-electron chi connectivity index (χ2n) is 2.85. The largest absolute Gasteiger partial charge is 0.412 e. The second kappa shape index (κ2) is 6.27. The number of para-hydroxylation sites is 1. The first-order chi connectivity index (χ1) is 7.24. The van der Waals surface area contributed by atoms with Gasteiger partial charge >= 0.3 is 6.09 Å². The zero-order valence-corrected chi connectivity index (χ0v) is 9.17. The normalized spacial score (nSPS) is 9.73. The summed E-state index contributed by atoms with van der Waals surface area (Å²) < 4.78 is 4.98. The molecule has 0 radical (unpaired) electrons. The minimum atomic E-state index is -0.502. The molecule has 0 unspecified atom stereocenters. The number of carbonyl (C=O) groups excluding carboxylic acids is 1. The van der Waals surface area contributed by atoms with Crippen LogP contribution in [0.5, 0.6) is 5.75 Å². The van der Waals surface area contributed by atoms with Gasteiger partial charge < -0.3 is 15.4 Å². The number of nitrogens with one attached hydrogen (secondary N) is 2. The number of carbonyl (C=O) groups is 1. The van der Waals surface area contributed by atoms with Gasteiger partial charge in [-0.25, -0.2) is 4.79 Å². The third kappa shape index (κ3) is 4.18. The third-order valence-electron chi connectivity index (χ3n) is 1.68. The van der Waals surface area contributed by atoms with Crippen LogP contribution < -0.4 is 15.4 Å². The zero-order chi connectivity index (χ0) is 11.1. The molecular formula is C10H13ClN2O2. The van der Waals surface area contributed by atoms with Crippen LogP contribution in [0.2, 0.25) is 5.02 Å². The molecule has 0 aliphatic carbocycles. The maximum atomic E-state index is 11.2. The van der Waals surface area contributed by atoms with Crippen LogP contribution in [0.3, 0.4) is 0 Å². The van der Waals surface area contributed by atoms with Gasteiger partial charge in [0.1, 0.15) is 0 Å². The number of benzene rings is 1. The van der Waals surface area contributed by atoms with Crippen molar-refractivity contribution in [3.05, 3.63) is 29.3 Å². The fourth-order valence-corrected chi connectivity index (χ4v) is 1.13. The average molecular weight is 229 g/mol. The lowest BCUT2D eigenvalue weighted by Crippen LogP contribution is -2.32. The number of hydrogen-bond acceptors (Lipinski definition) is 3. The molecule has 1 aromatic rings. The monoisotopic (exact) mass is 228 g/mol. The summed E-state index contributed by atoms with van der Waals surface area (Å²) >= 11 is 5.81. The standard InChI is InChI=1S/C10H13ClN2O2/c1-12-6-7-13-10(14)15-9-5-3-2-4-8(9)11/h2-5,12H,6-7H2,1H3,(H,13,14). The average Bonchev–Trinajstić information content (AvgIpc) is 2.22. The van der Waals surface area contributed by atoms with E-state index in [2.05, 4.69) is 10.6 Å². The molecular weight excluding hydrogens is 216 g/mol. The molecule has 0 saturated carbocycles. The Kier molecular flexibility index (Phi) is 4.93. The van der Waals surface area contributed by atoms with E-state index in [0.717, 1.165) is 0 Å². The Morgan fingerprint density at radius 2 is 2.13 bits per heavy atom. The molecule has 0 aromatic heterocycles. The maximum absolute atomic E-state index is 11.2. The third-order valence-corrected chi connectivity index (χ3v) is 2.00. The van der Waals surface area contributed by atoms with Crippen molar-refractivity contribution in [3.8, 4) is 5.75 Å². The number of ether oxygens (including phenoxy) is 1. The van der Waals surface area contributed by atoms with Crippen LogP contribution in [0.25, 0.3) is 0 Å². The van der Waals surface area contributed by atoms with Gasteiger partial charge in [-0.15, -0.1) is 0 Å². The molecule has 0 saturated heterocycles. The van der Waals surface area contributed by atoms with E-state index in [4.69, 9.17) is 16.3 Å². The smallest absolute Gasteiger partial charge is 0.409 e. The van der Waals surface area contributed by atoms with Gasteiger partial charge in [-0.3, -0.25) is 0 Å². The van der Waals surface area contributed by atoms with Gasteiger partial charge in [-0.05, 0) is 19.2 Å². The van der Waals surface area contributed by atoms with Gasteiger partial charge in [-0.1, -0.05) is 23.7 Å². The molecule has 0 heterocycles. The van der Waals surface area contributed by atoms with Crippen LogP contribution in [0.4, 0.5) is 4.79 Å². The van der Waals surface area contributed by atoms with E-state index in [0.29, 0.717) is 23.9 Å². The van der Waals surface area contributed by atoms with Gasteiger partial charge in [0, 0.05) is 13.1 Å². The Hall–Kier alpha value is -1.26. The van der Waals surface area contributed by atoms with Crippen molar-refractivity contribution in [1.82, 2.24) is 10.6 Å². The van der Waals surface area contributed by atoms with Crippen molar-refractivity contribution < 1.29 is 9.53 Å². The van der Waals surface area contributed by atoms with Crippen molar-refractivity contribution in [2.24, 2.45) is 0 Å². The topological polar surface area (TPSA) is 50.4 Å². The van der Waals surface area contributed by atoms with Gasteiger partial charge in [0.15, 0.2) is 5.75 Å². The molecule has 0 atom stereocenters. The van der Waals surface area contributed by atoms with Crippen molar-refractivity contribution in [2.75, 3.05) is 20.1 Å². The molecule has 4 nitrogen and oxygen atoms in total. The Morgan fingerprint density at radius 3 is 2.80 bits per heavy atom. The quantitative estimate of drug-likeness (QED) is 0.771. The van der Waals surface area contributed by atoms with Crippen molar-refractivity contribution in [3.63, 3.8) is 0 Å². The zero-order valence-electron chi connectivity index (χ0n) is 8.42. The molecule has 1 aromatic carbocycles. The van der Waals surface area contributed by atoms with Gasteiger partial charge in [-0.2, -0.15) is 0 Å². The van der Waals surface area contributed by atoms with Crippen LogP contribution in [0.15, 0.2) is 24.3 Å². The Morgan fingerprint density at radius 1 is 1.40 bits per heavy atom.